The van der Waals surface area contributed by atoms with Crippen molar-refractivity contribution in [1.29, 1.82) is 5.26 Å². The van der Waals surface area contributed by atoms with Crippen molar-refractivity contribution in [2.75, 3.05) is 13.1 Å². The largest absolute Gasteiger partial charge is 0.244 e. The normalized spacial score (nSPS) is 13.3. The smallest absolute Gasteiger partial charge is 0.207 e. The summed E-state index contributed by atoms with van der Waals surface area (Å²) in [5, 5.41) is 8.83. The molecule has 1 rings (SSSR count). The molecule has 0 spiro atoms. The van der Waals surface area contributed by atoms with Crippen molar-refractivity contribution >= 4 is 26.0 Å². The van der Waals surface area contributed by atoms with E-state index >= 15 is 0 Å². The number of rotatable bonds is 5. The first-order chi connectivity index (χ1) is 8.82. The molecule has 0 saturated carbocycles. The van der Waals surface area contributed by atoms with Gasteiger partial charge < -0.3 is 0 Å². The molecule has 104 valence electrons. The highest BCUT2D eigenvalue weighted by atomic mass is 79.9. The van der Waals surface area contributed by atoms with E-state index in [1.165, 1.54) is 4.31 Å². The number of benzene rings is 1. The van der Waals surface area contributed by atoms with Gasteiger partial charge in [-0.25, -0.2) is 8.42 Å². The second-order valence-corrected chi connectivity index (χ2v) is 7.18. The van der Waals surface area contributed by atoms with Gasteiger partial charge in [-0.3, -0.25) is 0 Å². The van der Waals surface area contributed by atoms with Crippen LogP contribution in [0.25, 0.3) is 0 Å². The van der Waals surface area contributed by atoms with E-state index in [1.54, 1.807) is 26.0 Å². The standard InChI is InChI=1S/C13H17BrN2O2S/c1-4-16(9-11(3)8-15)19(17,18)13-7-10(2)5-6-12(13)14/h5-7,11H,4,9H2,1-3H3. The second-order valence-electron chi connectivity index (χ2n) is 4.42. The minimum atomic E-state index is -3.57. The maximum atomic E-state index is 12.6. The Morgan fingerprint density at radius 3 is 2.63 bits per heavy atom. The van der Waals surface area contributed by atoms with Crippen LogP contribution in [-0.4, -0.2) is 25.8 Å². The van der Waals surface area contributed by atoms with Crippen molar-refractivity contribution < 1.29 is 8.42 Å². The zero-order valence-electron chi connectivity index (χ0n) is 11.2. The molecule has 0 aliphatic heterocycles. The summed E-state index contributed by atoms with van der Waals surface area (Å²) in [6.45, 7) is 5.87. The van der Waals surface area contributed by atoms with Crippen LogP contribution in [0.4, 0.5) is 0 Å². The molecular formula is C13H17BrN2O2S. The fourth-order valence-electron chi connectivity index (χ4n) is 1.69. The fraction of sp³-hybridized carbons (Fsp3) is 0.462. The number of sulfonamides is 1. The Balaban J connectivity index is 3.21. The Hall–Kier alpha value is -0.900. The summed E-state index contributed by atoms with van der Waals surface area (Å²) < 4.78 is 27.0. The van der Waals surface area contributed by atoms with Crippen molar-refractivity contribution in [3.8, 4) is 6.07 Å². The molecule has 4 nitrogen and oxygen atoms in total. The van der Waals surface area contributed by atoms with E-state index < -0.39 is 10.0 Å². The summed E-state index contributed by atoms with van der Waals surface area (Å²) in [5.41, 5.74) is 0.881. The van der Waals surface area contributed by atoms with Gasteiger partial charge >= 0.3 is 0 Å². The van der Waals surface area contributed by atoms with Gasteiger partial charge in [0.05, 0.1) is 16.9 Å². The number of nitriles is 1. The molecule has 0 N–H and O–H groups in total. The van der Waals surface area contributed by atoms with Crippen molar-refractivity contribution in [2.24, 2.45) is 5.92 Å². The lowest BCUT2D eigenvalue weighted by Crippen LogP contribution is -2.34. The van der Waals surface area contributed by atoms with Gasteiger partial charge in [-0.1, -0.05) is 13.0 Å². The maximum Gasteiger partial charge on any atom is 0.244 e. The van der Waals surface area contributed by atoms with Crippen LogP contribution >= 0.6 is 15.9 Å². The molecule has 1 unspecified atom stereocenters. The van der Waals surface area contributed by atoms with Crippen molar-refractivity contribution in [2.45, 2.75) is 25.7 Å². The Kier molecular flexibility index (Phi) is 5.53. The molecule has 19 heavy (non-hydrogen) atoms. The van der Waals surface area contributed by atoms with E-state index in [2.05, 4.69) is 22.0 Å². The summed E-state index contributed by atoms with van der Waals surface area (Å²) in [7, 11) is -3.57. The SMILES string of the molecule is CCN(CC(C)C#N)S(=O)(=O)c1cc(C)ccc1Br. The van der Waals surface area contributed by atoms with Gasteiger partial charge in [0.1, 0.15) is 0 Å². The Morgan fingerprint density at radius 1 is 1.47 bits per heavy atom. The second kappa shape index (κ2) is 6.51. The minimum Gasteiger partial charge on any atom is -0.207 e. The predicted molar refractivity (Wildman–Crippen MR) is 78.1 cm³/mol. The summed E-state index contributed by atoms with van der Waals surface area (Å²) in [4.78, 5) is 0.250. The zero-order chi connectivity index (χ0) is 14.6. The molecule has 6 heteroatoms. The highest BCUT2D eigenvalue weighted by molar-refractivity contribution is 9.10. The van der Waals surface area contributed by atoms with Crippen LogP contribution < -0.4 is 0 Å². The maximum absolute atomic E-state index is 12.6. The molecule has 0 saturated heterocycles. The van der Waals surface area contributed by atoms with Gasteiger partial charge in [-0.05, 0) is 47.5 Å². The zero-order valence-corrected chi connectivity index (χ0v) is 13.6. The Morgan fingerprint density at radius 2 is 2.11 bits per heavy atom. The number of nitrogens with zero attached hydrogens (tertiary/aromatic N) is 2. The third kappa shape index (κ3) is 3.78. The highest BCUT2D eigenvalue weighted by Crippen LogP contribution is 2.26. The number of halogens is 1. The van der Waals surface area contributed by atoms with E-state index in [9.17, 15) is 8.42 Å². The third-order valence-electron chi connectivity index (χ3n) is 2.76. The molecule has 0 aliphatic rings. The van der Waals surface area contributed by atoms with Crippen LogP contribution in [-0.2, 0) is 10.0 Å². The third-order valence-corrected chi connectivity index (χ3v) is 5.69. The lowest BCUT2D eigenvalue weighted by Gasteiger charge is -2.22. The van der Waals surface area contributed by atoms with Crippen molar-refractivity contribution in [3.05, 3.63) is 28.2 Å². The first-order valence-electron chi connectivity index (χ1n) is 5.98. The molecule has 0 amide bonds. The summed E-state index contributed by atoms with van der Waals surface area (Å²) >= 11 is 3.28. The topological polar surface area (TPSA) is 61.2 Å². The van der Waals surface area contributed by atoms with E-state index in [0.717, 1.165) is 5.56 Å². The molecule has 0 fully saturated rings. The van der Waals surface area contributed by atoms with Crippen LogP contribution in [0, 0.1) is 24.2 Å². The van der Waals surface area contributed by atoms with Crippen LogP contribution in [0.3, 0.4) is 0 Å². The Labute approximate surface area is 123 Å². The number of aryl methyl sites for hydroxylation is 1. The van der Waals surface area contributed by atoms with Crippen LogP contribution in [0.5, 0.6) is 0 Å². The van der Waals surface area contributed by atoms with Crippen LogP contribution in [0.1, 0.15) is 19.4 Å². The quantitative estimate of drug-likeness (QED) is 0.824. The average Bonchev–Trinajstić information content (AvgIpc) is 2.37. The average molecular weight is 345 g/mol. The van der Waals surface area contributed by atoms with Gasteiger partial charge in [0.15, 0.2) is 0 Å². The van der Waals surface area contributed by atoms with Crippen molar-refractivity contribution in [1.82, 2.24) is 4.31 Å². The molecule has 0 heterocycles. The summed E-state index contributed by atoms with van der Waals surface area (Å²) in [6.07, 6.45) is 0. The first-order valence-corrected chi connectivity index (χ1v) is 8.22. The Bertz CT molecular complexity index is 593. The summed E-state index contributed by atoms with van der Waals surface area (Å²) in [5.74, 6) is -0.335. The molecule has 0 aliphatic carbocycles. The van der Waals surface area contributed by atoms with Crippen LogP contribution in [0.15, 0.2) is 27.6 Å². The number of hydrogen-bond donors (Lipinski definition) is 0. The van der Waals surface area contributed by atoms with Crippen LogP contribution in [0.2, 0.25) is 0 Å². The van der Waals surface area contributed by atoms with E-state index in [4.69, 9.17) is 5.26 Å². The molecule has 1 atom stereocenters. The van der Waals surface area contributed by atoms with E-state index in [0.29, 0.717) is 11.0 Å². The van der Waals surface area contributed by atoms with E-state index in [1.807, 2.05) is 13.0 Å². The van der Waals surface area contributed by atoms with Gasteiger partial charge in [-0.15, -0.1) is 0 Å². The summed E-state index contributed by atoms with van der Waals surface area (Å²) in [6, 6.07) is 7.27. The molecule has 1 aromatic carbocycles. The number of hydrogen-bond acceptors (Lipinski definition) is 3. The molecule has 0 radical (unpaired) electrons. The molecular weight excluding hydrogens is 328 g/mol. The first kappa shape index (κ1) is 16.2. The minimum absolute atomic E-state index is 0.204. The molecule has 1 aromatic rings. The lowest BCUT2D eigenvalue weighted by atomic mass is 10.2. The van der Waals surface area contributed by atoms with E-state index in [-0.39, 0.29) is 17.4 Å². The van der Waals surface area contributed by atoms with Gasteiger partial charge in [0, 0.05) is 17.6 Å². The van der Waals surface area contributed by atoms with Crippen molar-refractivity contribution in [3.63, 3.8) is 0 Å². The molecule has 0 aromatic heterocycles. The van der Waals surface area contributed by atoms with Gasteiger partial charge in [0.2, 0.25) is 10.0 Å². The molecule has 0 bridgehead atoms. The van der Waals surface area contributed by atoms with Gasteiger partial charge in [-0.2, -0.15) is 9.57 Å². The monoisotopic (exact) mass is 344 g/mol. The van der Waals surface area contributed by atoms with Gasteiger partial charge in [0.25, 0.3) is 0 Å². The fourth-order valence-corrected chi connectivity index (χ4v) is 4.24. The highest BCUT2D eigenvalue weighted by Gasteiger charge is 2.26. The predicted octanol–water partition coefficient (Wildman–Crippen LogP) is 2.93. The lowest BCUT2D eigenvalue weighted by molar-refractivity contribution is 0.399.